The number of hydrogen-bond acceptors (Lipinski definition) is 2. The van der Waals surface area contributed by atoms with E-state index in [-0.39, 0.29) is 12.1 Å². The lowest BCUT2D eigenvalue weighted by Gasteiger charge is -2.27. The van der Waals surface area contributed by atoms with Gasteiger partial charge in [-0.3, -0.25) is 0 Å². The summed E-state index contributed by atoms with van der Waals surface area (Å²) in [7, 11) is 1.92. The zero-order valence-corrected chi connectivity index (χ0v) is 8.80. The molecule has 14 heavy (non-hydrogen) atoms. The average Bonchev–Trinajstić information content (AvgIpc) is 2.57. The highest BCUT2D eigenvalue weighted by molar-refractivity contribution is 5.41. The monoisotopic (exact) mass is 191 g/mol. The molecule has 1 atom stereocenters. The Balaban J connectivity index is 2.51. The average molecular weight is 191 g/mol. The summed E-state index contributed by atoms with van der Waals surface area (Å²) >= 11 is 0. The molecule has 2 nitrogen and oxygen atoms in total. The van der Waals surface area contributed by atoms with Crippen LogP contribution in [0.3, 0.4) is 0 Å². The zero-order valence-electron chi connectivity index (χ0n) is 8.80. The first-order valence-corrected chi connectivity index (χ1v) is 5.11. The van der Waals surface area contributed by atoms with E-state index in [0.29, 0.717) is 0 Å². The van der Waals surface area contributed by atoms with E-state index < -0.39 is 0 Å². The van der Waals surface area contributed by atoms with Crippen molar-refractivity contribution in [3.05, 3.63) is 34.9 Å². The Morgan fingerprint density at radius 2 is 2.29 bits per heavy atom. The molecule has 0 radical (unpaired) electrons. The standard InChI is InChI=1S/C12H17NO/c1-9-3-4-10-5-6-12(8-14,13-2)11(10)7-9/h3-4,7,13-14H,5-6,8H2,1-2H3. The summed E-state index contributed by atoms with van der Waals surface area (Å²) in [5.74, 6) is 0. The van der Waals surface area contributed by atoms with Gasteiger partial charge in [0.05, 0.1) is 12.1 Å². The zero-order chi connectivity index (χ0) is 10.2. The van der Waals surface area contributed by atoms with Gasteiger partial charge in [-0.1, -0.05) is 23.8 Å². The van der Waals surface area contributed by atoms with Gasteiger partial charge in [0.25, 0.3) is 0 Å². The molecule has 2 rings (SSSR count). The molecule has 2 N–H and O–H groups in total. The van der Waals surface area contributed by atoms with Gasteiger partial charge in [-0.25, -0.2) is 0 Å². The van der Waals surface area contributed by atoms with Crippen LogP contribution in [0.1, 0.15) is 23.1 Å². The van der Waals surface area contributed by atoms with Crippen LogP contribution in [0.2, 0.25) is 0 Å². The van der Waals surface area contributed by atoms with Crippen LogP contribution in [0.4, 0.5) is 0 Å². The van der Waals surface area contributed by atoms with Crippen molar-refractivity contribution in [2.24, 2.45) is 0 Å². The maximum Gasteiger partial charge on any atom is 0.0672 e. The highest BCUT2D eigenvalue weighted by atomic mass is 16.3. The number of aliphatic hydroxyl groups excluding tert-OH is 1. The topological polar surface area (TPSA) is 32.3 Å². The quantitative estimate of drug-likeness (QED) is 0.739. The molecule has 76 valence electrons. The minimum atomic E-state index is -0.193. The second-order valence-corrected chi connectivity index (χ2v) is 4.15. The SMILES string of the molecule is CNC1(CO)CCc2ccc(C)cc21. The van der Waals surface area contributed by atoms with Crippen LogP contribution in [0.15, 0.2) is 18.2 Å². The molecule has 0 aliphatic heterocycles. The van der Waals surface area contributed by atoms with Gasteiger partial charge in [-0.15, -0.1) is 0 Å². The largest absolute Gasteiger partial charge is 0.394 e. The number of aliphatic hydroxyl groups is 1. The summed E-state index contributed by atoms with van der Waals surface area (Å²) in [5, 5.41) is 12.8. The fourth-order valence-corrected chi connectivity index (χ4v) is 2.34. The van der Waals surface area contributed by atoms with Crippen LogP contribution >= 0.6 is 0 Å². The van der Waals surface area contributed by atoms with E-state index in [9.17, 15) is 5.11 Å². The van der Waals surface area contributed by atoms with Gasteiger partial charge in [0.15, 0.2) is 0 Å². The van der Waals surface area contributed by atoms with Crippen molar-refractivity contribution in [3.63, 3.8) is 0 Å². The van der Waals surface area contributed by atoms with Crippen LogP contribution < -0.4 is 5.32 Å². The minimum absolute atomic E-state index is 0.181. The van der Waals surface area contributed by atoms with E-state index in [1.54, 1.807) is 0 Å². The van der Waals surface area contributed by atoms with Crippen LogP contribution in [0.5, 0.6) is 0 Å². The van der Waals surface area contributed by atoms with Gasteiger partial charge in [0, 0.05) is 0 Å². The third-order valence-electron chi connectivity index (χ3n) is 3.35. The molecule has 0 spiro atoms. The van der Waals surface area contributed by atoms with E-state index in [1.165, 1.54) is 16.7 Å². The van der Waals surface area contributed by atoms with Crippen molar-refractivity contribution in [2.75, 3.05) is 13.7 Å². The van der Waals surface area contributed by atoms with E-state index in [4.69, 9.17) is 0 Å². The Kier molecular flexibility index (Phi) is 2.33. The van der Waals surface area contributed by atoms with Crippen LogP contribution in [-0.4, -0.2) is 18.8 Å². The van der Waals surface area contributed by atoms with Crippen molar-refractivity contribution >= 4 is 0 Å². The summed E-state index contributed by atoms with van der Waals surface area (Å²) in [4.78, 5) is 0. The summed E-state index contributed by atoms with van der Waals surface area (Å²) in [6.45, 7) is 2.27. The second-order valence-electron chi connectivity index (χ2n) is 4.15. The molecule has 0 saturated carbocycles. The Labute approximate surface area is 85.0 Å². The molecule has 1 aromatic rings. The second kappa shape index (κ2) is 3.37. The van der Waals surface area contributed by atoms with Gasteiger partial charge in [0.1, 0.15) is 0 Å². The predicted molar refractivity (Wildman–Crippen MR) is 57.3 cm³/mol. The van der Waals surface area contributed by atoms with Crippen LogP contribution in [0, 0.1) is 6.92 Å². The molecular formula is C12H17NO. The fourth-order valence-electron chi connectivity index (χ4n) is 2.34. The Bertz CT molecular complexity index is 342. The van der Waals surface area contributed by atoms with E-state index in [1.807, 2.05) is 7.05 Å². The Hall–Kier alpha value is -0.860. The van der Waals surface area contributed by atoms with E-state index >= 15 is 0 Å². The van der Waals surface area contributed by atoms with Crippen molar-refractivity contribution < 1.29 is 5.11 Å². The summed E-state index contributed by atoms with van der Waals surface area (Å²) < 4.78 is 0. The lowest BCUT2D eigenvalue weighted by Crippen LogP contribution is -2.41. The van der Waals surface area contributed by atoms with Gasteiger partial charge in [-0.2, -0.15) is 0 Å². The molecule has 1 unspecified atom stereocenters. The van der Waals surface area contributed by atoms with E-state index in [0.717, 1.165) is 12.8 Å². The third kappa shape index (κ3) is 1.26. The maximum absolute atomic E-state index is 9.49. The summed E-state index contributed by atoms with van der Waals surface area (Å²) in [5.41, 5.74) is 3.72. The minimum Gasteiger partial charge on any atom is -0.394 e. The lowest BCUT2D eigenvalue weighted by molar-refractivity contribution is 0.169. The van der Waals surface area contributed by atoms with Gasteiger partial charge >= 0.3 is 0 Å². The number of aryl methyl sites for hydroxylation is 2. The van der Waals surface area contributed by atoms with E-state index in [2.05, 4.69) is 30.4 Å². The summed E-state index contributed by atoms with van der Waals surface area (Å²) in [6, 6.07) is 6.51. The van der Waals surface area contributed by atoms with Gasteiger partial charge in [-0.05, 0) is 37.9 Å². The molecule has 1 aliphatic rings. The highest BCUT2D eigenvalue weighted by Gasteiger charge is 2.36. The summed E-state index contributed by atoms with van der Waals surface area (Å²) in [6.07, 6.45) is 2.07. The van der Waals surface area contributed by atoms with Crippen LogP contribution in [0.25, 0.3) is 0 Å². The Morgan fingerprint density at radius 1 is 1.50 bits per heavy atom. The van der Waals surface area contributed by atoms with Crippen molar-refractivity contribution in [1.82, 2.24) is 5.32 Å². The third-order valence-corrected chi connectivity index (χ3v) is 3.35. The smallest absolute Gasteiger partial charge is 0.0672 e. The number of likely N-dealkylation sites (N-methyl/N-ethyl adjacent to an activating group) is 1. The highest BCUT2D eigenvalue weighted by Crippen LogP contribution is 2.36. The molecule has 0 saturated heterocycles. The molecule has 2 heteroatoms. The fraction of sp³-hybridized carbons (Fsp3) is 0.500. The lowest BCUT2D eigenvalue weighted by atomic mass is 9.92. The number of fused-ring (bicyclic) bond motifs is 1. The van der Waals surface area contributed by atoms with Crippen molar-refractivity contribution in [3.8, 4) is 0 Å². The molecule has 1 aliphatic carbocycles. The first-order valence-electron chi connectivity index (χ1n) is 5.11. The number of hydrogen-bond donors (Lipinski definition) is 2. The molecular weight excluding hydrogens is 174 g/mol. The van der Waals surface area contributed by atoms with Crippen molar-refractivity contribution in [2.45, 2.75) is 25.3 Å². The first kappa shape index (κ1) is 9.69. The van der Waals surface area contributed by atoms with Gasteiger partial charge < -0.3 is 10.4 Å². The maximum atomic E-state index is 9.49. The molecule has 0 fully saturated rings. The number of benzene rings is 1. The number of rotatable bonds is 2. The first-order chi connectivity index (χ1) is 6.72. The normalized spacial score (nSPS) is 25.1. The van der Waals surface area contributed by atoms with Gasteiger partial charge in [0.2, 0.25) is 0 Å². The molecule has 1 aromatic carbocycles. The van der Waals surface area contributed by atoms with Crippen LogP contribution in [-0.2, 0) is 12.0 Å². The predicted octanol–water partition coefficient (Wildman–Crippen LogP) is 1.35. The Morgan fingerprint density at radius 3 is 2.93 bits per heavy atom. The molecule has 0 heterocycles. The molecule has 0 amide bonds. The molecule has 0 bridgehead atoms. The molecule has 0 aromatic heterocycles. The number of nitrogens with one attached hydrogen (secondary N) is 1. The van der Waals surface area contributed by atoms with Crippen molar-refractivity contribution in [1.29, 1.82) is 0 Å².